The first kappa shape index (κ1) is 26.0. The summed E-state index contributed by atoms with van der Waals surface area (Å²) in [6, 6.07) is 14.6. The number of aliphatic hydroxyl groups is 1. The molecule has 2 aromatic heterocycles. The number of furan rings is 2. The van der Waals surface area contributed by atoms with Gasteiger partial charge in [-0.15, -0.1) is 0 Å². The number of carbonyl (C=O) groups is 2. The van der Waals surface area contributed by atoms with E-state index in [4.69, 9.17) is 23.0 Å². The third kappa shape index (κ3) is 4.83. The molecule has 1 atom stereocenters. The molecule has 9 heteroatoms. The SMILES string of the molecule is CCCCOc1ccc(C2C(C(=O)c3cc4cccc(OC)c4o3)=C(O)C(=O)N2Cc2ccco2)cc1OC. The Hall–Kier alpha value is -4.66. The van der Waals surface area contributed by atoms with Crippen molar-refractivity contribution in [3.63, 3.8) is 0 Å². The molecule has 0 aliphatic carbocycles. The van der Waals surface area contributed by atoms with Crippen LogP contribution in [-0.2, 0) is 11.3 Å². The van der Waals surface area contributed by atoms with E-state index < -0.39 is 23.5 Å². The van der Waals surface area contributed by atoms with Gasteiger partial charge in [-0.05, 0) is 48.4 Å². The molecule has 0 saturated heterocycles. The number of Topliss-reactive ketones (excluding diaryl/α,β-unsaturated/α-hetero) is 1. The Morgan fingerprint density at radius 2 is 1.85 bits per heavy atom. The predicted octanol–water partition coefficient (Wildman–Crippen LogP) is 6.00. The molecule has 0 bridgehead atoms. The standard InChI is InChI=1S/C30H29NO8/c1-4-5-13-38-21-12-11-18(15-23(21)36-3)26-25(28(33)30(34)31(26)17-20-9-7-14-37-20)27(32)24-16-19-8-6-10-22(35-2)29(19)39-24/h6-12,14-16,26,33H,4-5,13,17H2,1-3H3. The van der Waals surface area contributed by atoms with Gasteiger partial charge in [0.1, 0.15) is 5.76 Å². The topological polar surface area (TPSA) is 112 Å². The number of ether oxygens (including phenoxy) is 3. The number of methoxy groups -OCH3 is 2. The number of amides is 1. The number of rotatable bonds is 11. The number of carbonyl (C=O) groups excluding carboxylic acids is 2. The lowest BCUT2D eigenvalue weighted by atomic mass is 9.94. The zero-order valence-corrected chi connectivity index (χ0v) is 21.9. The van der Waals surface area contributed by atoms with E-state index in [9.17, 15) is 14.7 Å². The highest BCUT2D eigenvalue weighted by atomic mass is 16.5. The smallest absolute Gasteiger partial charge is 0.290 e. The molecule has 9 nitrogen and oxygen atoms in total. The van der Waals surface area contributed by atoms with Gasteiger partial charge >= 0.3 is 0 Å². The number of hydrogen-bond acceptors (Lipinski definition) is 8. The highest BCUT2D eigenvalue weighted by molar-refractivity contribution is 6.16. The second kappa shape index (κ2) is 11.0. The molecule has 4 aromatic rings. The molecule has 0 radical (unpaired) electrons. The second-order valence-electron chi connectivity index (χ2n) is 9.11. The molecule has 0 saturated carbocycles. The average molecular weight is 532 g/mol. The summed E-state index contributed by atoms with van der Waals surface area (Å²) in [5, 5.41) is 11.7. The first-order chi connectivity index (χ1) is 19.0. The molecule has 1 aliphatic rings. The highest BCUT2D eigenvalue weighted by Gasteiger charge is 2.45. The fraction of sp³-hybridized carbons (Fsp3) is 0.267. The zero-order valence-electron chi connectivity index (χ0n) is 21.9. The lowest BCUT2D eigenvalue weighted by Crippen LogP contribution is -2.30. The fourth-order valence-corrected chi connectivity index (χ4v) is 4.71. The van der Waals surface area contributed by atoms with Crippen molar-refractivity contribution in [1.29, 1.82) is 0 Å². The maximum Gasteiger partial charge on any atom is 0.290 e. The molecule has 1 unspecified atom stereocenters. The van der Waals surface area contributed by atoms with Crippen LogP contribution in [0.3, 0.4) is 0 Å². The molecular formula is C30H29NO8. The maximum atomic E-state index is 13.9. The minimum absolute atomic E-state index is 0.0276. The van der Waals surface area contributed by atoms with Crippen molar-refractivity contribution < 1.29 is 37.7 Å². The third-order valence-corrected chi connectivity index (χ3v) is 6.67. The summed E-state index contributed by atoms with van der Waals surface area (Å²) in [6.07, 6.45) is 3.36. The number of aliphatic hydroxyl groups excluding tert-OH is 1. The van der Waals surface area contributed by atoms with Crippen LogP contribution in [0.25, 0.3) is 11.0 Å². The van der Waals surface area contributed by atoms with Gasteiger partial charge in [-0.1, -0.05) is 31.5 Å². The molecule has 1 aliphatic heterocycles. The van der Waals surface area contributed by atoms with Gasteiger partial charge in [0.05, 0.1) is 45.2 Å². The first-order valence-corrected chi connectivity index (χ1v) is 12.6. The van der Waals surface area contributed by atoms with Gasteiger partial charge in [0, 0.05) is 5.39 Å². The number of ketones is 1. The van der Waals surface area contributed by atoms with E-state index in [0.717, 1.165) is 12.8 Å². The van der Waals surface area contributed by atoms with Gasteiger partial charge in [0.2, 0.25) is 5.78 Å². The third-order valence-electron chi connectivity index (χ3n) is 6.67. The quantitative estimate of drug-likeness (QED) is 0.185. The van der Waals surface area contributed by atoms with Gasteiger partial charge in [-0.25, -0.2) is 0 Å². The van der Waals surface area contributed by atoms with E-state index in [1.54, 1.807) is 54.6 Å². The highest BCUT2D eigenvalue weighted by Crippen LogP contribution is 2.43. The van der Waals surface area contributed by atoms with E-state index in [1.165, 1.54) is 25.4 Å². The molecule has 202 valence electrons. The Morgan fingerprint density at radius 3 is 2.56 bits per heavy atom. The van der Waals surface area contributed by atoms with Gasteiger partial charge in [0.15, 0.2) is 34.4 Å². The average Bonchev–Trinajstić information content (AvgIpc) is 3.68. The van der Waals surface area contributed by atoms with Crippen LogP contribution in [0.2, 0.25) is 0 Å². The summed E-state index contributed by atoms with van der Waals surface area (Å²) < 4.78 is 28.1. The molecular weight excluding hydrogens is 502 g/mol. The van der Waals surface area contributed by atoms with Crippen molar-refractivity contribution >= 4 is 22.7 Å². The van der Waals surface area contributed by atoms with E-state index in [2.05, 4.69) is 6.92 Å². The number of hydrogen-bond donors (Lipinski definition) is 1. The monoisotopic (exact) mass is 531 g/mol. The van der Waals surface area contributed by atoms with Crippen molar-refractivity contribution in [3.8, 4) is 17.2 Å². The van der Waals surface area contributed by atoms with Crippen LogP contribution in [0, 0.1) is 0 Å². The van der Waals surface area contributed by atoms with E-state index in [0.29, 0.717) is 46.1 Å². The Kier molecular flexibility index (Phi) is 7.31. The lowest BCUT2D eigenvalue weighted by molar-refractivity contribution is -0.130. The van der Waals surface area contributed by atoms with Crippen LogP contribution in [0.5, 0.6) is 17.2 Å². The Bertz CT molecular complexity index is 1530. The van der Waals surface area contributed by atoms with Crippen LogP contribution in [-0.4, -0.2) is 42.5 Å². The van der Waals surface area contributed by atoms with E-state index in [-0.39, 0.29) is 17.9 Å². The van der Waals surface area contributed by atoms with E-state index >= 15 is 0 Å². The molecule has 39 heavy (non-hydrogen) atoms. The Morgan fingerprint density at radius 1 is 1.03 bits per heavy atom. The van der Waals surface area contributed by atoms with Crippen molar-refractivity contribution in [1.82, 2.24) is 4.90 Å². The number of benzene rings is 2. The van der Waals surface area contributed by atoms with Gasteiger partial charge in [-0.3, -0.25) is 9.59 Å². The molecule has 0 spiro atoms. The first-order valence-electron chi connectivity index (χ1n) is 12.6. The van der Waals surface area contributed by atoms with Crippen LogP contribution < -0.4 is 14.2 Å². The number of fused-ring (bicyclic) bond motifs is 1. The minimum atomic E-state index is -0.941. The minimum Gasteiger partial charge on any atom is -0.503 e. The Balaban J connectivity index is 1.58. The molecule has 1 N–H and O–H groups in total. The molecule has 0 fully saturated rings. The van der Waals surface area contributed by atoms with E-state index in [1.807, 2.05) is 0 Å². The van der Waals surface area contributed by atoms with Crippen molar-refractivity contribution in [2.45, 2.75) is 32.4 Å². The van der Waals surface area contributed by atoms with Crippen molar-refractivity contribution in [2.75, 3.05) is 20.8 Å². The predicted molar refractivity (Wildman–Crippen MR) is 142 cm³/mol. The molecule has 1 amide bonds. The van der Waals surface area contributed by atoms with Crippen LogP contribution in [0.15, 0.2) is 81.0 Å². The number of unbranched alkanes of at least 4 members (excludes halogenated alkanes) is 1. The summed E-state index contributed by atoms with van der Waals surface area (Å²) in [4.78, 5) is 28.6. The summed E-state index contributed by atoms with van der Waals surface area (Å²) in [5.74, 6) is -0.0421. The molecule has 3 heterocycles. The van der Waals surface area contributed by atoms with Crippen molar-refractivity contribution in [2.24, 2.45) is 0 Å². The largest absolute Gasteiger partial charge is 0.503 e. The normalized spacial score (nSPS) is 15.3. The summed E-state index contributed by atoms with van der Waals surface area (Å²) in [7, 11) is 3.03. The molecule has 5 rings (SSSR count). The van der Waals surface area contributed by atoms with Crippen LogP contribution in [0.4, 0.5) is 0 Å². The van der Waals surface area contributed by atoms with Crippen LogP contribution >= 0.6 is 0 Å². The van der Waals surface area contributed by atoms with Gasteiger partial charge in [0.25, 0.3) is 5.91 Å². The fourth-order valence-electron chi connectivity index (χ4n) is 4.71. The summed E-state index contributed by atoms with van der Waals surface area (Å²) >= 11 is 0. The number of para-hydroxylation sites is 1. The zero-order chi connectivity index (χ0) is 27.5. The second-order valence-corrected chi connectivity index (χ2v) is 9.11. The summed E-state index contributed by atoms with van der Waals surface area (Å²) in [5.41, 5.74) is 0.842. The molecule has 2 aromatic carbocycles. The Labute approximate surface area is 225 Å². The maximum absolute atomic E-state index is 13.9. The van der Waals surface area contributed by atoms with Crippen LogP contribution in [0.1, 0.15) is 47.7 Å². The lowest BCUT2D eigenvalue weighted by Gasteiger charge is -2.26. The summed E-state index contributed by atoms with van der Waals surface area (Å²) in [6.45, 7) is 2.63. The van der Waals surface area contributed by atoms with Gasteiger partial charge in [-0.2, -0.15) is 0 Å². The van der Waals surface area contributed by atoms with Gasteiger partial charge < -0.3 is 33.1 Å². The number of nitrogens with zero attached hydrogens (tertiary/aromatic N) is 1. The van der Waals surface area contributed by atoms with Crippen molar-refractivity contribution in [3.05, 3.63) is 89.3 Å².